The topological polar surface area (TPSA) is 29.3 Å². The van der Waals surface area contributed by atoms with Gasteiger partial charge in [-0.05, 0) is 36.4 Å². The molecule has 0 saturated heterocycles. The average molecular weight is 252 g/mol. The second-order valence-corrected chi connectivity index (χ2v) is 4.67. The minimum Gasteiger partial charge on any atom is -0.326 e. The fourth-order valence-corrected chi connectivity index (χ4v) is 2.47. The van der Waals surface area contributed by atoms with Gasteiger partial charge in [0.1, 0.15) is 0 Å². The zero-order valence-corrected chi connectivity index (χ0v) is 9.98. The van der Waals surface area contributed by atoms with Crippen LogP contribution in [0.3, 0.4) is 0 Å². The van der Waals surface area contributed by atoms with Crippen LogP contribution in [-0.4, -0.2) is 30.7 Å². The summed E-state index contributed by atoms with van der Waals surface area (Å²) in [5.74, 6) is 0. The summed E-state index contributed by atoms with van der Waals surface area (Å²) in [7, 11) is 1.44. The van der Waals surface area contributed by atoms with Crippen molar-refractivity contribution in [2.75, 3.05) is 13.6 Å². The first-order valence-electron chi connectivity index (χ1n) is 4.86. The number of nitrogens with zero attached hydrogens (tertiary/aromatic N) is 1. The molecular formula is C10H15F3N2S. The van der Waals surface area contributed by atoms with Crippen LogP contribution in [0.5, 0.6) is 0 Å². The Labute approximate surface area is 96.9 Å². The Kier molecular flexibility index (Phi) is 4.35. The molecular weight excluding hydrogens is 237 g/mol. The van der Waals surface area contributed by atoms with Gasteiger partial charge >= 0.3 is 6.18 Å². The number of alkyl halides is 3. The van der Waals surface area contributed by atoms with Crippen molar-refractivity contribution in [2.45, 2.75) is 25.2 Å². The Morgan fingerprint density at radius 2 is 2.12 bits per heavy atom. The Balaban J connectivity index is 2.79. The number of hydrogen-bond donors (Lipinski definition) is 1. The highest BCUT2D eigenvalue weighted by Gasteiger charge is 2.33. The molecule has 0 fully saturated rings. The summed E-state index contributed by atoms with van der Waals surface area (Å²) in [5.41, 5.74) is 6.58. The first-order valence-corrected chi connectivity index (χ1v) is 5.80. The molecule has 0 aliphatic carbocycles. The summed E-state index contributed by atoms with van der Waals surface area (Å²) >= 11 is 1.46. The third-order valence-corrected chi connectivity index (χ3v) is 2.99. The lowest BCUT2D eigenvalue weighted by Crippen LogP contribution is -2.41. The van der Waals surface area contributed by atoms with E-state index in [-0.39, 0.29) is 6.04 Å². The van der Waals surface area contributed by atoms with Crippen LogP contribution in [0.4, 0.5) is 13.2 Å². The SMILES string of the molecule is CC(N)C(c1ccsc1)N(C)CC(F)(F)F. The second-order valence-electron chi connectivity index (χ2n) is 3.89. The molecule has 2 atom stereocenters. The molecule has 1 aromatic rings. The van der Waals surface area contributed by atoms with Crippen LogP contribution < -0.4 is 5.73 Å². The van der Waals surface area contributed by atoms with E-state index < -0.39 is 18.8 Å². The second kappa shape index (κ2) is 5.16. The first-order chi connectivity index (χ1) is 7.31. The van der Waals surface area contributed by atoms with Crippen molar-refractivity contribution in [2.24, 2.45) is 5.73 Å². The Morgan fingerprint density at radius 3 is 2.50 bits per heavy atom. The van der Waals surface area contributed by atoms with Gasteiger partial charge in [0, 0.05) is 6.04 Å². The maximum atomic E-state index is 12.3. The van der Waals surface area contributed by atoms with Crippen LogP contribution in [0.25, 0.3) is 0 Å². The van der Waals surface area contributed by atoms with Crippen LogP contribution in [0.2, 0.25) is 0 Å². The van der Waals surface area contributed by atoms with Gasteiger partial charge in [0.05, 0.1) is 12.6 Å². The normalized spacial score (nSPS) is 16.4. The summed E-state index contributed by atoms with van der Waals surface area (Å²) < 4.78 is 36.9. The van der Waals surface area contributed by atoms with Crippen LogP contribution in [-0.2, 0) is 0 Å². The molecule has 0 aromatic carbocycles. The van der Waals surface area contributed by atoms with E-state index in [0.29, 0.717) is 0 Å². The van der Waals surface area contributed by atoms with Gasteiger partial charge in [-0.1, -0.05) is 0 Å². The number of nitrogens with two attached hydrogens (primary N) is 1. The van der Waals surface area contributed by atoms with Crippen molar-refractivity contribution in [3.05, 3.63) is 22.4 Å². The average Bonchev–Trinajstić information content (AvgIpc) is 2.52. The van der Waals surface area contributed by atoms with E-state index in [0.717, 1.165) is 5.56 Å². The zero-order valence-electron chi connectivity index (χ0n) is 9.16. The number of likely N-dealkylation sites (N-methyl/N-ethyl adjacent to an activating group) is 1. The monoisotopic (exact) mass is 252 g/mol. The van der Waals surface area contributed by atoms with Crippen molar-refractivity contribution in [3.8, 4) is 0 Å². The van der Waals surface area contributed by atoms with Gasteiger partial charge in [0.15, 0.2) is 0 Å². The molecule has 1 rings (SSSR count). The van der Waals surface area contributed by atoms with Gasteiger partial charge in [-0.25, -0.2) is 0 Å². The van der Waals surface area contributed by atoms with E-state index in [4.69, 9.17) is 5.73 Å². The molecule has 2 nitrogen and oxygen atoms in total. The summed E-state index contributed by atoms with van der Waals surface area (Å²) in [4.78, 5) is 1.24. The summed E-state index contributed by atoms with van der Waals surface area (Å²) in [6.07, 6.45) is -4.20. The van der Waals surface area contributed by atoms with Crippen molar-refractivity contribution < 1.29 is 13.2 Å². The van der Waals surface area contributed by atoms with E-state index in [1.54, 1.807) is 6.92 Å². The van der Waals surface area contributed by atoms with Crippen molar-refractivity contribution >= 4 is 11.3 Å². The van der Waals surface area contributed by atoms with E-state index in [9.17, 15) is 13.2 Å². The van der Waals surface area contributed by atoms with E-state index >= 15 is 0 Å². The molecule has 1 aromatic heterocycles. The minimum absolute atomic E-state index is 0.345. The third kappa shape index (κ3) is 3.77. The number of hydrogen-bond acceptors (Lipinski definition) is 3. The van der Waals surface area contributed by atoms with E-state index in [1.165, 1.54) is 23.3 Å². The lowest BCUT2D eigenvalue weighted by Gasteiger charge is -2.31. The predicted octanol–water partition coefficient (Wildman–Crippen LogP) is 2.63. The van der Waals surface area contributed by atoms with Crippen molar-refractivity contribution in [1.82, 2.24) is 4.90 Å². The summed E-state index contributed by atoms with van der Waals surface area (Å²) in [6.45, 7) is 0.768. The maximum Gasteiger partial charge on any atom is 0.401 e. The van der Waals surface area contributed by atoms with Gasteiger partial charge in [0.25, 0.3) is 0 Å². The maximum absolute atomic E-state index is 12.3. The number of rotatable bonds is 4. The first kappa shape index (κ1) is 13.5. The predicted molar refractivity (Wildman–Crippen MR) is 59.4 cm³/mol. The Hall–Kier alpha value is -0.590. The van der Waals surface area contributed by atoms with Crippen LogP contribution in [0, 0.1) is 0 Å². The van der Waals surface area contributed by atoms with Crippen molar-refractivity contribution in [1.29, 1.82) is 0 Å². The highest BCUT2D eigenvalue weighted by atomic mass is 32.1. The molecule has 16 heavy (non-hydrogen) atoms. The van der Waals surface area contributed by atoms with E-state index in [2.05, 4.69) is 0 Å². The lowest BCUT2D eigenvalue weighted by molar-refractivity contribution is -0.148. The molecule has 0 bridgehead atoms. The summed E-state index contributed by atoms with van der Waals surface area (Å²) in [5, 5.41) is 3.67. The summed E-state index contributed by atoms with van der Waals surface area (Å²) in [6, 6.07) is 1.07. The highest BCUT2D eigenvalue weighted by molar-refractivity contribution is 7.07. The largest absolute Gasteiger partial charge is 0.401 e. The number of halogens is 3. The van der Waals surface area contributed by atoms with Gasteiger partial charge < -0.3 is 5.73 Å². The van der Waals surface area contributed by atoms with Crippen LogP contribution in [0.15, 0.2) is 16.8 Å². The fraction of sp³-hybridized carbons (Fsp3) is 0.600. The molecule has 6 heteroatoms. The van der Waals surface area contributed by atoms with Crippen LogP contribution >= 0.6 is 11.3 Å². The molecule has 0 radical (unpaired) electrons. The Bertz CT molecular complexity index is 308. The smallest absolute Gasteiger partial charge is 0.326 e. The van der Waals surface area contributed by atoms with Crippen molar-refractivity contribution in [3.63, 3.8) is 0 Å². The number of thiophene rings is 1. The molecule has 0 aliphatic heterocycles. The molecule has 0 aliphatic rings. The Morgan fingerprint density at radius 1 is 1.50 bits per heavy atom. The molecule has 2 N–H and O–H groups in total. The third-order valence-electron chi connectivity index (χ3n) is 2.29. The minimum atomic E-state index is -4.20. The lowest BCUT2D eigenvalue weighted by atomic mass is 10.0. The van der Waals surface area contributed by atoms with E-state index in [1.807, 2.05) is 16.8 Å². The standard InChI is InChI=1S/C10H15F3N2S/c1-7(14)9(8-3-4-16-5-8)15(2)6-10(11,12)13/h3-5,7,9H,6,14H2,1-2H3. The highest BCUT2D eigenvalue weighted by Crippen LogP contribution is 2.27. The molecule has 0 spiro atoms. The molecule has 0 saturated carbocycles. The molecule has 0 amide bonds. The quantitative estimate of drug-likeness (QED) is 0.892. The van der Waals surface area contributed by atoms with Gasteiger partial charge in [-0.2, -0.15) is 24.5 Å². The fourth-order valence-electron chi connectivity index (χ4n) is 1.78. The van der Waals surface area contributed by atoms with Gasteiger partial charge in [-0.15, -0.1) is 0 Å². The van der Waals surface area contributed by atoms with Gasteiger partial charge in [0.2, 0.25) is 0 Å². The zero-order chi connectivity index (χ0) is 12.3. The molecule has 1 heterocycles. The van der Waals surface area contributed by atoms with Crippen LogP contribution in [0.1, 0.15) is 18.5 Å². The molecule has 92 valence electrons. The van der Waals surface area contributed by atoms with Gasteiger partial charge in [-0.3, -0.25) is 4.90 Å². The molecule has 2 unspecified atom stereocenters.